The summed E-state index contributed by atoms with van der Waals surface area (Å²) in [5.41, 5.74) is 0.852. The molecule has 1 nitrogen and oxygen atoms in total. The highest BCUT2D eigenvalue weighted by molar-refractivity contribution is 5.72. The second-order valence-electron chi connectivity index (χ2n) is 3.34. The normalized spacial score (nSPS) is 15.2. The fraction of sp³-hybridized carbons (Fsp3) is 0.700. The number of carbonyl (C=O) groups is 1. The van der Waals surface area contributed by atoms with E-state index < -0.39 is 0 Å². The molecule has 0 aliphatic rings. The maximum absolute atomic E-state index is 10.3. The summed E-state index contributed by atoms with van der Waals surface area (Å²) >= 11 is 0. The lowest BCUT2D eigenvalue weighted by molar-refractivity contribution is -0.104. The van der Waals surface area contributed by atoms with Crippen LogP contribution in [0.25, 0.3) is 0 Å². The fourth-order valence-corrected chi connectivity index (χ4v) is 1.16. The summed E-state index contributed by atoms with van der Waals surface area (Å²) in [6.45, 7) is 8.38. The Morgan fingerprint density at radius 2 is 2.00 bits per heavy atom. The second-order valence-corrected chi connectivity index (χ2v) is 3.34. The van der Waals surface area contributed by atoms with Gasteiger partial charge in [0, 0.05) is 0 Å². The van der Waals surface area contributed by atoms with E-state index in [-0.39, 0.29) is 0 Å². The Bertz CT molecular complexity index is 145. The standard InChI is InChI=1S/C10H18O/c1-5-10(8(2)3)6-9(4)7-11/h6-8,10H,5H2,1-4H3/b9-6+. The predicted octanol–water partition coefficient (Wildman–Crippen LogP) is 2.81. The van der Waals surface area contributed by atoms with Gasteiger partial charge in [0.25, 0.3) is 0 Å². The summed E-state index contributed by atoms with van der Waals surface area (Å²) in [4.78, 5) is 10.3. The molecule has 11 heavy (non-hydrogen) atoms. The molecule has 0 amide bonds. The summed E-state index contributed by atoms with van der Waals surface area (Å²) in [6, 6.07) is 0. The van der Waals surface area contributed by atoms with E-state index in [1.807, 2.05) is 6.92 Å². The summed E-state index contributed by atoms with van der Waals surface area (Å²) in [6.07, 6.45) is 4.10. The van der Waals surface area contributed by atoms with Crippen LogP contribution in [0.3, 0.4) is 0 Å². The van der Waals surface area contributed by atoms with Crippen molar-refractivity contribution in [1.29, 1.82) is 0 Å². The number of aldehydes is 1. The van der Waals surface area contributed by atoms with Gasteiger partial charge in [-0.25, -0.2) is 0 Å². The Morgan fingerprint density at radius 1 is 1.45 bits per heavy atom. The van der Waals surface area contributed by atoms with Crippen molar-refractivity contribution in [3.8, 4) is 0 Å². The SMILES string of the molecule is CCC(/C=C(\C)C=O)C(C)C. The van der Waals surface area contributed by atoms with Crippen LogP contribution in [0.4, 0.5) is 0 Å². The van der Waals surface area contributed by atoms with Crippen LogP contribution in [-0.4, -0.2) is 6.29 Å². The highest BCUT2D eigenvalue weighted by atomic mass is 16.1. The predicted molar refractivity (Wildman–Crippen MR) is 48.4 cm³/mol. The molecule has 1 atom stereocenters. The number of hydrogen-bond donors (Lipinski definition) is 0. The van der Waals surface area contributed by atoms with Crippen LogP contribution in [0.2, 0.25) is 0 Å². The summed E-state index contributed by atoms with van der Waals surface area (Å²) in [7, 11) is 0. The van der Waals surface area contributed by atoms with Gasteiger partial charge in [0.15, 0.2) is 0 Å². The van der Waals surface area contributed by atoms with Gasteiger partial charge in [0.05, 0.1) is 0 Å². The van der Waals surface area contributed by atoms with Gasteiger partial charge < -0.3 is 0 Å². The molecule has 64 valence electrons. The lowest BCUT2D eigenvalue weighted by Gasteiger charge is -2.14. The van der Waals surface area contributed by atoms with Crippen LogP contribution < -0.4 is 0 Å². The third-order valence-electron chi connectivity index (χ3n) is 1.99. The number of hydrogen-bond acceptors (Lipinski definition) is 1. The van der Waals surface area contributed by atoms with Crippen molar-refractivity contribution in [3.05, 3.63) is 11.6 Å². The quantitative estimate of drug-likeness (QED) is 0.449. The van der Waals surface area contributed by atoms with E-state index in [2.05, 4.69) is 26.8 Å². The topological polar surface area (TPSA) is 17.1 Å². The van der Waals surface area contributed by atoms with E-state index in [1.165, 1.54) is 0 Å². The zero-order valence-electron chi connectivity index (χ0n) is 7.92. The van der Waals surface area contributed by atoms with Crippen LogP contribution in [0.15, 0.2) is 11.6 Å². The first-order valence-corrected chi connectivity index (χ1v) is 4.25. The average molecular weight is 154 g/mol. The molecule has 0 spiro atoms. The molecule has 0 N–H and O–H groups in total. The van der Waals surface area contributed by atoms with E-state index in [4.69, 9.17) is 0 Å². The van der Waals surface area contributed by atoms with Crippen LogP contribution in [0, 0.1) is 11.8 Å². The molecule has 0 saturated heterocycles. The van der Waals surface area contributed by atoms with E-state index >= 15 is 0 Å². The summed E-state index contributed by atoms with van der Waals surface area (Å²) in [5.74, 6) is 1.19. The highest BCUT2D eigenvalue weighted by Crippen LogP contribution is 2.17. The zero-order valence-corrected chi connectivity index (χ0v) is 7.92. The third kappa shape index (κ3) is 3.97. The monoisotopic (exact) mass is 154 g/mol. The minimum atomic E-state index is 0.556. The van der Waals surface area contributed by atoms with E-state index in [9.17, 15) is 4.79 Å². The van der Waals surface area contributed by atoms with Crippen molar-refractivity contribution in [1.82, 2.24) is 0 Å². The fourth-order valence-electron chi connectivity index (χ4n) is 1.16. The van der Waals surface area contributed by atoms with E-state index in [0.29, 0.717) is 11.8 Å². The van der Waals surface area contributed by atoms with Crippen molar-refractivity contribution < 1.29 is 4.79 Å². The molecule has 0 heterocycles. The minimum absolute atomic E-state index is 0.556. The summed E-state index contributed by atoms with van der Waals surface area (Å²) in [5, 5.41) is 0. The molecule has 0 aliphatic heterocycles. The van der Waals surface area contributed by atoms with Gasteiger partial charge in [0.2, 0.25) is 0 Å². The lowest BCUT2D eigenvalue weighted by atomic mass is 9.92. The van der Waals surface area contributed by atoms with Gasteiger partial charge in [-0.15, -0.1) is 0 Å². The molecule has 1 unspecified atom stereocenters. The molecule has 0 radical (unpaired) electrons. The third-order valence-corrected chi connectivity index (χ3v) is 1.99. The van der Waals surface area contributed by atoms with Crippen LogP contribution >= 0.6 is 0 Å². The van der Waals surface area contributed by atoms with Crippen molar-refractivity contribution in [3.63, 3.8) is 0 Å². The molecule has 0 rings (SSSR count). The smallest absolute Gasteiger partial charge is 0.145 e. The van der Waals surface area contributed by atoms with Gasteiger partial charge in [0.1, 0.15) is 6.29 Å². The summed E-state index contributed by atoms with van der Waals surface area (Å²) < 4.78 is 0. The molecule has 0 aliphatic carbocycles. The average Bonchev–Trinajstić information content (AvgIpc) is 1.99. The molecule has 0 aromatic heterocycles. The van der Waals surface area contributed by atoms with Crippen molar-refractivity contribution in [2.24, 2.45) is 11.8 Å². The minimum Gasteiger partial charge on any atom is -0.298 e. The zero-order chi connectivity index (χ0) is 8.85. The Kier molecular flexibility index (Phi) is 4.84. The first kappa shape index (κ1) is 10.4. The molecule has 0 aromatic carbocycles. The Hall–Kier alpha value is -0.590. The maximum atomic E-state index is 10.3. The molecule has 0 fully saturated rings. The second kappa shape index (κ2) is 5.11. The first-order chi connectivity index (χ1) is 5.11. The highest BCUT2D eigenvalue weighted by Gasteiger charge is 2.07. The molecule has 1 heteroatoms. The molecular formula is C10H18O. The van der Waals surface area contributed by atoms with Crippen molar-refractivity contribution >= 4 is 6.29 Å². The van der Waals surface area contributed by atoms with Gasteiger partial charge in [-0.2, -0.15) is 0 Å². The number of allylic oxidation sites excluding steroid dienone is 2. The Morgan fingerprint density at radius 3 is 2.27 bits per heavy atom. The van der Waals surface area contributed by atoms with Gasteiger partial charge in [-0.3, -0.25) is 4.79 Å². The van der Waals surface area contributed by atoms with Crippen LogP contribution in [0.5, 0.6) is 0 Å². The van der Waals surface area contributed by atoms with Crippen LogP contribution in [-0.2, 0) is 4.79 Å². The largest absolute Gasteiger partial charge is 0.298 e. The van der Waals surface area contributed by atoms with Crippen molar-refractivity contribution in [2.45, 2.75) is 34.1 Å². The Labute approximate surface area is 69.5 Å². The lowest BCUT2D eigenvalue weighted by Crippen LogP contribution is -2.04. The molecule has 0 saturated carbocycles. The van der Waals surface area contributed by atoms with Crippen molar-refractivity contribution in [2.75, 3.05) is 0 Å². The number of rotatable bonds is 4. The molecular weight excluding hydrogens is 136 g/mol. The first-order valence-electron chi connectivity index (χ1n) is 4.25. The molecule has 0 aromatic rings. The number of carbonyl (C=O) groups excluding carboxylic acids is 1. The Balaban J connectivity index is 4.16. The van der Waals surface area contributed by atoms with E-state index in [0.717, 1.165) is 18.3 Å². The van der Waals surface area contributed by atoms with Gasteiger partial charge in [-0.05, 0) is 30.8 Å². The maximum Gasteiger partial charge on any atom is 0.145 e. The van der Waals surface area contributed by atoms with Gasteiger partial charge in [-0.1, -0.05) is 26.8 Å². The van der Waals surface area contributed by atoms with Gasteiger partial charge >= 0.3 is 0 Å². The van der Waals surface area contributed by atoms with E-state index in [1.54, 1.807) is 0 Å². The van der Waals surface area contributed by atoms with Crippen LogP contribution in [0.1, 0.15) is 34.1 Å². The molecule has 0 bridgehead atoms.